The van der Waals surface area contributed by atoms with Crippen molar-refractivity contribution in [2.24, 2.45) is 0 Å². The minimum atomic E-state index is -0.621. The van der Waals surface area contributed by atoms with Crippen molar-refractivity contribution in [3.05, 3.63) is 66.0 Å². The highest BCUT2D eigenvalue weighted by molar-refractivity contribution is 5.86. The smallest absolute Gasteiger partial charge is 0.418 e. The molecule has 3 aromatic heterocycles. The Hall–Kier alpha value is -3.74. The highest BCUT2D eigenvalue weighted by Gasteiger charge is 2.12. The Bertz CT molecular complexity index is 1080. The number of hydrogen-bond acceptors (Lipinski definition) is 6. The zero-order valence-electron chi connectivity index (χ0n) is 14.8. The van der Waals surface area contributed by atoms with Gasteiger partial charge in [-0.15, -0.1) is 0 Å². The van der Waals surface area contributed by atoms with Gasteiger partial charge >= 0.3 is 6.09 Å². The third-order valence-electron chi connectivity index (χ3n) is 3.81. The summed E-state index contributed by atoms with van der Waals surface area (Å²) in [5.74, 6) is 1.21. The van der Waals surface area contributed by atoms with Gasteiger partial charge in [0.15, 0.2) is 11.2 Å². The number of anilines is 1. The van der Waals surface area contributed by atoms with E-state index < -0.39 is 6.09 Å². The first-order valence-corrected chi connectivity index (χ1v) is 8.32. The number of carbonyl (C=O) groups excluding carboxylic acids is 1. The molecule has 0 aliphatic heterocycles. The van der Waals surface area contributed by atoms with Crippen molar-refractivity contribution in [3.63, 3.8) is 0 Å². The fourth-order valence-corrected chi connectivity index (χ4v) is 2.75. The van der Waals surface area contributed by atoms with Crippen molar-refractivity contribution in [1.29, 1.82) is 0 Å². The minimum absolute atomic E-state index is 0.331. The van der Waals surface area contributed by atoms with Crippen molar-refractivity contribution in [2.75, 3.05) is 5.32 Å². The van der Waals surface area contributed by atoms with Crippen LogP contribution in [0.5, 0.6) is 5.75 Å². The molecule has 0 radical (unpaired) electrons. The molecule has 0 atom stereocenters. The molecule has 1 aromatic carbocycles. The SMILES string of the molecule is Cc1cc(C)cc(OC(=O)Nc2cc(-c3nc4ncccc4o3)ccn2)c1. The van der Waals surface area contributed by atoms with E-state index in [4.69, 9.17) is 9.15 Å². The summed E-state index contributed by atoms with van der Waals surface area (Å²) in [6.45, 7) is 3.88. The van der Waals surface area contributed by atoms with Crippen molar-refractivity contribution in [1.82, 2.24) is 15.0 Å². The minimum Gasteiger partial charge on any atom is -0.434 e. The first-order chi connectivity index (χ1) is 13.1. The topological polar surface area (TPSA) is 90.1 Å². The Morgan fingerprint density at radius 3 is 2.63 bits per heavy atom. The highest BCUT2D eigenvalue weighted by atomic mass is 16.6. The lowest BCUT2D eigenvalue weighted by molar-refractivity contribution is 0.215. The van der Waals surface area contributed by atoms with Crippen LogP contribution >= 0.6 is 0 Å². The second-order valence-corrected chi connectivity index (χ2v) is 6.11. The Balaban J connectivity index is 1.52. The van der Waals surface area contributed by atoms with Gasteiger partial charge in [0.25, 0.3) is 0 Å². The maximum Gasteiger partial charge on any atom is 0.418 e. The fraction of sp³-hybridized carbons (Fsp3) is 0.100. The zero-order valence-corrected chi connectivity index (χ0v) is 14.8. The van der Waals surface area contributed by atoms with E-state index in [-0.39, 0.29) is 0 Å². The van der Waals surface area contributed by atoms with Gasteiger partial charge < -0.3 is 9.15 Å². The molecule has 0 spiro atoms. The maximum absolute atomic E-state index is 12.2. The predicted molar refractivity (Wildman–Crippen MR) is 101 cm³/mol. The summed E-state index contributed by atoms with van der Waals surface area (Å²) in [6, 6.07) is 12.6. The number of ether oxygens (including phenoxy) is 1. The predicted octanol–water partition coefficient (Wildman–Crippen LogP) is 4.51. The Morgan fingerprint density at radius 2 is 1.85 bits per heavy atom. The van der Waals surface area contributed by atoms with Crippen LogP contribution in [-0.2, 0) is 0 Å². The number of nitrogens with one attached hydrogen (secondary N) is 1. The summed E-state index contributed by atoms with van der Waals surface area (Å²) in [4.78, 5) is 24.8. The molecule has 4 rings (SSSR count). The largest absolute Gasteiger partial charge is 0.434 e. The van der Waals surface area contributed by atoms with E-state index in [1.54, 1.807) is 48.8 Å². The number of rotatable bonds is 3. The number of pyridine rings is 2. The van der Waals surface area contributed by atoms with Gasteiger partial charge in [0, 0.05) is 18.0 Å². The van der Waals surface area contributed by atoms with E-state index in [1.807, 2.05) is 19.9 Å². The molecule has 7 heteroatoms. The summed E-state index contributed by atoms with van der Waals surface area (Å²) in [5.41, 5.74) is 3.82. The molecule has 27 heavy (non-hydrogen) atoms. The molecular weight excluding hydrogens is 344 g/mol. The summed E-state index contributed by atoms with van der Waals surface area (Å²) in [5, 5.41) is 2.62. The normalized spacial score (nSPS) is 10.7. The van der Waals surface area contributed by atoms with Gasteiger partial charge in [-0.05, 0) is 61.4 Å². The number of fused-ring (bicyclic) bond motifs is 1. The number of aromatic nitrogens is 3. The van der Waals surface area contributed by atoms with Gasteiger partial charge in [0.2, 0.25) is 5.89 Å². The molecule has 0 bridgehead atoms. The molecule has 1 amide bonds. The monoisotopic (exact) mass is 360 g/mol. The zero-order chi connectivity index (χ0) is 18.8. The molecule has 134 valence electrons. The Kier molecular flexibility index (Phi) is 4.25. The summed E-state index contributed by atoms with van der Waals surface area (Å²) < 4.78 is 11.0. The van der Waals surface area contributed by atoms with E-state index in [0.29, 0.717) is 34.3 Å². The van der Waals surface area contributed by atoms with Crippen molar-refractivity contribution >= 4 is 23.1 Å². The van der Waals surface area contributed by atoms with E-state index in [0.717, 1.165) is 11.1 Å². The molecule has 0 saturated heterocycles. The summed E-state index contributed by atoms with van der Waals surface area (Å²) in [6.07, 6.45) is 2.59. The van der Waals surface area contributed by atoms with E-state index in [1.165, 1.54) is 0 Å². The van der Waals surface area contributed by atoms with Crippen LogP contribution in [0.4, 0.5) is 10.6 Å². The highest BCUT2D eigenvalue weighted by Crippen LogP contribution is 2.24. The van der Waals surface area contributed by atoms with Crippen molar-refractivity contribution in [2.45, 2.75) is 13.8 Å². The number of nitrogens with zero attached hydrogens (tertiary/aromatic N) is 3. The molecule has 3 heterocycles. The Labute approximate surface area is 155 Å². The van der Waals surface area contributed by atoms with Crippen LogP contribution < -0.4 is 10.1 Å². The van der Waals surface area contributed by atoms with Gasteiger partial charge in [0.05, 0.1) is 0 Å². The van der Waals surface area contributed by atoms with Crippen LogP contribution in [0.3, 0.4) is 0 Å². The van der Waals surface area contributed by atoms with Crippen LogP contribution in [0.15, 0.2) is 59.3 Å². The first-order valence-electron chi connectivity index (χ1n) is 8.32. The molecule has 0 fully saturated rings. The van der Waals surface area contributed by atoms with Crippen molar-refractivity contribution in [3.8, 4) is 17.2 Å². The molecular formula is C20H16N4O3. The molecule has 0 aliphatic rings. The van der Waals surface area contributed by atoms with E-state index in [2.05, 4.69) is 20.3 Å². The molecule has 1 N–H and O–H groups in total. The van der Waals surface area contributed by atoms with Gasteiger partial charge in [-0.1, -0.05) is 6.07 Å². The molecule has 0 aliphatic carbocycles. The molecule has 0 saturated carbocycles. The maximum atomic E-state index is 12.2. The second-order valence-electron chi connectivity index (χ2n) is 6.11. The Morgan fingerprint density at radius 1 is 1.04 bits per heavy atom. The average Bonchev–Trinajstić information content (AvgIpc) is 3.05. The first kappa shape index (κ1) is 16.7. The van der Waals surface area contributed by atoms with Crippen LogP contribution in [0, 0.1) is 13.8 Å². The summed E-state index contributed by atoms with van der Waals surface area (Å²) >= 11 is 0. The van der Waals surface area contributed by atoms with Crippen LogP contribution in [0.25, 0.3) is 22.7 Å². The van der Waals surface area contributed by atoms with Gasteiger partial charge in [0.1, 0.15) is 11.6 Å². The van der Waals surface area contributed by atoms with E-state index >= 15 is 0 Å². The average molecular weight is 360 g/mol. The van der Waals surface area contributed by atoms with Gasteiger partial charge in [-0.3, -0.25) is 5.32 Å². The summed E-state index contributed by atoms with van der Waals surface area (Å²) in [7, 11) is 0. The number of carbonyl (C=O) groups is 1. The van der Waals surface area contributed by atoms with Crippen LogP contribution in [-0.4, -0.2) is 21.0 Å². The van der Waals surface area contributed by atoms with Crippen molar-refractivity contribution < 1.29 is 13.9 Å². The lowest BCUT2D eigenvalue weighted by Crippen LogP contribution is -2.17. The quantitative estimate of drug-likeness (QED) is 0.578. The molecule has 4 aromatic rings. The van der Waals surface area contributed by atoms with Crippen LogP contribution in [0.1, 0.15) is 11.1 Å². The molecule has 7 nitrogen and oxygen atoms in total. The standard InChI is InChI=1S/C20H16N4O3/c1-12-8-13(2)10-15(9-12)26-20(25)23-17-11-14(5-7-21-17)19-24-18-16(27-19)4-3-6-22-18/h3-11H,1-2H3,(H,21,23,25). The van der Waals surface area contributed by atoms with Gasteiger partial charge in [-0.25, -0.2) is 14.8 Å². The lowest BCUT2D eigenvalue weighted by atomic mass is 10.1. The number of hydrogen-bond donors (Lipinski definition) is 1. The number of amides is 1. The molecule has 0 unspecified atom stereocenters. The lowest BCUT2D eigenvalue weighted by Gasteiger charge is -2.08. The third-order valence-corrected chi connectivity index (χ3v) is 3.81. The number of oxazole rings is 1. The fourth-order valence-electron chi connectivity index (χ4n) is 2.75. The van der Waals surface area contributed by atoms with Gasteiger partial charge in [-0.2, -0.15) is 4.98 Å². The third kappa shape index (κ3) is 3.77. The number of benzene rings is 1. The van der Waals surface area contributed by atoms with E-state index in [9.17, 15) is 4.79 Å². The van der Waals surface area contributed by atoms with Crippen LogP contribution in [0.2, 0.25) is 0 Å². The second kappa shape index (κ2) is 6.87. The number of aryl methyl sites for hydroxylation is 2.